The van der Waals surface area contributed by atoms with Crippen molar-refractivity contribution in [3.63, 3.8) is 0 Å². The highest BCUT2D eigenvalue weighted by atomic mass is 16.7. The van der Waals surface area contributed by atoms with Crippen LogP contribution in [0.3, 0.4) is 0 Å². The Morgan fingerprint density at radius 1 is 1.29 bits per heavy atom. The van der Waals surface area contributed by atoms with Gasteiger partial charge in [-0.3, -0.25) is 0 Å². The van der Waals surface area contributed by atoms with Crippen molar-refractivity contribution in [3.05, 3.63) is 11.6 Å². The molecule has 0 atom stereocenters. The SMILES string of the molecule is CCC1(CC(=CC(=O)O)C(=O)O)COCOC1. The minimum Gasteiger partial charge on any atom is -0.478 e. The summed E-state index contributed by atoms with van der Waals surface area (Å²) < 4.78 is 10.3. The van der Waals surface area contributed by atoms with Crippen molar-refractivity contribution in [2.45, 2.75) is 19.8 Å². The van der Waals surface area contributed by atoms with E-state index in [0.717, 1.165) is 6.08 Å². The molecule has 6 nitrogen and oxygen atoms in total. The topological polar surface area (TPSA) is 93.1 Å². The van der Waals surface area contributed by atoms with Gasteiger partial charge >= 0.3 is 11.9 Å². The van der Waals surface area contributed by atoms with Crippen LogP contribution in [0, 0.1) is 5.41 Å². The quantitative estimate of drug-likeness (QED) is 0.697. The minimum atomic E-state index is -1.26. The van der Waals surface area contributed by atoms with Crippen LogP contribution < -0.4 is 0 Å². The Hall–Kier alpha value is -1.40. The van der Waals surface area contributed by atoms with Crippen molar-refractivity contribution in [1.82, 2.24) is 0 Å². The van der Waals surface area contributed by atoms with E-state index in [2.05, 4.69) is 0 Å². The van der Waals surface area contributed by atoms with E-state index in [0.29, 0.717) is 19.6 Å². The van der Waals surface area contributed by atoms with Gasteiger partial charge in [-0.15, -0.1) is 0 Å². The van der Waals surface area contributed by atoms with Crippen LogP contribution in [0.1, 0.15) is 19.8 Å². The molecule has 1 fully saturated rings. The Kier molecular flexibility index (Phi) is 4.65. The largest absolute Gasteiger partial charge is 0.478 e. The maximum absolute atomic E-state index is 11.0. The first-order chi connectivity index (χ1) is 7.99. The lowest BCUT2D eigenvalue weighted by atomic mass is 9.80. The van der Waals surface area contributed by atoms with E-state index in [1.165, 1.54) is 0 Å². The minimum absolute atomic E-state index is 0.130. The van der Waals surface area contributed by atoms with Gasteiger partial charge in [0.1, 0.15) is 6.79 Å². The summed E-state index contributed by atoms with van der Waals surface area (Å²) in [4.78, 5) is 21.5. The third kappa shape index (κ3) is 3.83. The summed E-state index contributed by atoms with van der Waals surface area (Å²) in [6.07, 6.45) is 1.52. The lowest BCUT2D eigenvalue weighted by Crippen LogP contribution is -2.38. The van der Waals surface area contributed by atoms with Crippen LogP contribution in [0.5, 0.6) is 0 Å². The van der Waals surface area contributed by atoms with E-state index in [1.54, 1.807) is 0 Å². The third-order valence-corrected chi connectivity index (χ3v) is 2.87. The van der Waals surface area contributed by atoms with E-state index in [-0.39, 0.29) is 18.8 Å². The van der Waals surface area contributed by atoms with Gasteiger partial charge in [0.15, 0.2) is 0 Å². The van der Waals surface area contributed by atoms with Gasteiger partial charge in [0.2, 0.25) is 0 Å². The van der Waals surface area contributed by atoms with Crippen LogP contribution >= 0.6 is 0 Å². The second-order valence-corrected chi connectivity index (χ2v) is 4.16. The van der Waals surface area contributed by atoms with Crippen molar-refractivity contribution >= 4 is 11.9 Å². The Bertz CT molecular complexity index is 327. The molecule has 0 aromatic heterocycles. The van der Waals surface area contributed by atoms with Gasteiger partial charge < -0.3 is 19.7 Å². The number of rotatable bonds is 5. The molecule has 0 spiro atoms. The lowest BCUT2D eigenvalue weighted by molar-refractivity contribution is -0.166. The highest BCUT2D eigenvalue weighted by Crippen LogP contribution is 2.33. The summed E-state index contributed by atoms with van der Waals surface area (Å²) in [6, 6.07) is 0. The number of ether oxygens (including phenoxy) is 2. The molecule has 17 heavy (non-hydrogen) atoms. The van der Waals surface area contributed by atoms with E-state index in [4.69, 9.17) is 19.7 Å². The monoisotopic (exact) mass is 244 g/mol. The fourth-order valence-corrected chi connectivity index (χ4v) is 1.79. The van der Waals surface area contributed by atoms with Crippen molar-refractivity contribution in [3.8, 4) is 0 Å². The van der Waals surface area contributed by atoms with Crippen molar-refractivity contribution in [1.29, 1.82) is 0 Å². The second-order valence-electron chi connectivity index (χ2n) is 4.16. The molecule has 6 heteroatoms. The lowest BCUT2D eigenvalue weighted by Gasteiger charge is -2.35. The number of hydrogen-bond donors (Lipinski definition) is 2. The molecule has 0 bridgehead atoms. The third-order valence-electron chi connectivity index (χ3n) is 2.87. The molecule has 96 valence electrons. The zero-order chi connectivity index (χ0) is 12.9. The molecule has 1 rings (SSSR count). The van der Waals surface area contributed by atoms with Crippen molar-refractivity contribution < 1.29 is 29.3 Å². The summed E-state index contributed by atoms with van der Waals surface area (Å²) in [5.74, 6) is -2.47. The first kappa shape index (κ1) is 13.7. The van der Waals surface area contributed by atoms with Crippen LogP contribution in [0.2, 0.25) is 0 Å². The molecular formula is C11H16O6. The molecule has 0 aliphatic carbocycles. The van der Waals surface area contributed by atoms with Gasteiger partial charge in [-0.1, -0.05) is 6.92 Å². The number of carbonyl (C=O) groups is 2. The molecule has 0 aromatic carbocycles. The summed E-state index contributed by atoms with van der Waals surface area (Å²) in [5, 5.41) is 17.6. The molecule has 0 radical (unpaired) electrons. The molecule has 0 unspecified atom stereocenters. The maximum Gasteiger partial charge on any atom is 0.331 e. The molecule has 0 amide bonds. The van der Waals surface area contributed by atoms with Gasteiger partial charge in [0.05, 0.1) is 13.2 Å². The Morgan fingerprint density at radius 3 is 2.29 bits per heavy atom. The van der Waals surface area contributed by atoms with Crippen LogP contribution in [-0.2, 0) is 19.1 Å². The summed E-state index contributed by atoms with van der Waals surface area (Å²) in [7, 11) is 0. The van der Waals surface area contributed by atoms with Crippen molar-refractivity contribution in [2.24, 2.45) is 5.41 Å². The van der Waals surface area contributed by atoms with Gasteiger partial charge in [-0.2, -0.15) is 0 Å². The van der Waals surface area contributed by atoms with Gasteiger partial charge in [0.25, 0.3) is 0 Å². The molecule has 1 aliphatic heterocycles. The Balaban J connectivity index is 2.83. The number of aliphatic carboxylic acids is 2. The highest BCUT2D eigenvalue weighted by molar-refractivity contribution is 5.94. The van der Waals surface area contributed by atoms with E-state index in [1.807, 2.05) is 6.92 Å². The van der Waals surface area contributed by atoms with Crippen LogP contribution in [0.4, 0.5) is 0 Å². The van der Waals surface area contributed by atoms with E-state index >= 15 is 0 Å². The second kappa shape index (κ2) is 5.79. The Morgan fingerprint density at radius 2 is 1.88 bits per heavy atom. The fourth-order valence-electron chi connectivity index (χ4n) is 1.79. The van der Waals surface area contributed by atoms with Gasteiger partial charge in [-0.05, 0) is 12.8 Å². The molecule has 1 heterocycles. The first-order valence-electron chi connectivity index (χ1n) is 5.31. The van der Waals surface area contributed by atoms with Gasteiger partial charge in [0, 0.05) is 17.1 Å². The maximum atomic E-state index is 11.0. The molecule has 1 saturated heterocycles. The predicted molar refractivity (Wildman–Crippen MR) is 57.5 cm³/mol. The zero-order valence-electron chi connectivity index (χ0n) is 9.64. The first-order valence-corrected chi connectivity index (χ1v) is 5.31. The molecule has 0 saturated carbocycles. The average Bonchev–Trinajstić information content (AvgIpc) is 2.29. The number of carboxylic acids is 2. The van der Waals surface area contributed by atoms with Crippen LogP contribution in [0.15, 0.2) is 11.6 Å². The molecule has 1 aliphatic rings. The molecule has 0 aromatic rings. The normalized spacial score (nSPS) is 19.9. The highest BCUT2D eigenvalue weighted by Gasteiger charge is 2.34. The van der Waals surface area contributed by atoms with Crippen molar-refractivity contribution in [2.75, 3.05) is 20.0 Å². The van der Waals surface area contributed by atoms with Crippen LogP contribution in [-0.4, -0.2) is 42.2 Å². The predicted octanol–water partition coefficient (Wildman–Crippen LogP) is 0.873. The standard InChI is InChI=1S/C11H16O6/c1-2-11(5-16-7-17-6-11)4-8(10(14)15)3-9(12)13/h3H,2,4-7H2,1H3,(H,12,13)(H,14,15). The average molecular weight is 244 g/mol. The Labute approximate surface area is 98.8 Å². The summed E-state index contributed by atoms with van der Waals surface area (Å²) in [5.41, 5.74) is -0.578. The molecule has 2 N–H and O–H groups in total. The van der Waals surface area contributed by atoms with Gasteiger partial charge in [-0.25, -0.2) is 9.59 Å². The van der Waals surface area contributed by atoms with E-state index in [9.17, 15) is 9.59 Å². The zero-order valence-corrected chi connectivity index (χ0v) is 9.64. The fraction of sp³-hybridized carbons (Fsp3) is 0.636. The number of hydrogen-bond acceptors (Lipinski definition) is 4. The smallest absolute Gasteiger partial charge is 0.331 e. The number of carboxylic acid groups (broad SMARTS) is 2. The van der Waals surface area contributed by atoms with E-state index < -0.39 is 17.4 Å². The summed E-state index contributed by atoms with van der Waals surface area (Å²) >= 11 is 0. The molecular weight excluding hydrogens is 228 g/mol. The summed E-state index contributed by atoms with van der Waals surface area (Å²) in [6.45, 7) is 2.87. The van der Waals surface area contributed by atoms with Crippen LogP contribution in [0.25, 0.3) is 0 Å².